The van der Waals surface area contributed by atoms with Crippen LogP contribution in [0.3, 0.4) is 0 Å². The number of ether oxygens (including phenoxy) is 2. The Hall–Kier alpha value is -4.34. The first-order valence-electron chi connectivity index (χ1n) is 12.8. The Labute approximate surface area is 221 Å². The van der Waals surface area contributed by atoms with Gasteiger partial charge in [-0.3, -0.25) is 14.2 Å². The molecule has 10 nitrogen and oxygen atoms in total. The fourth-order valence-electron chi connectivity index (χ4n) is 5.11. The minimum absolute atomic E-state index is 0.112. The molecule has 0 saturated carbocycles. The van der Waals surface area contributed by atoms with Crippen LogP contribution in [0.4, 0.5) is 11.6 Å². The molecule has 198 valence electrons. The normalized spacial score (nSPS) is 12.7. The summed E-state index contributed by atoms with van der Waals surface area (Å²) in [5, 5.41) is 9.88. The van der Waals surface area contributed by atoms with Gasteiger partial charge in [-0.05, 0) is 62.9 Å². The molecule has 0 amide bonds. The number of aryl methyl sites for hydroxylation is 4. The molecule has 2 N–H and O–H groups in total. The van der Waals surface area contributed by atoms with Gasteiger partial charge in [-0.2, -0.15) is 0 Å². The van der Waals surface area contributed by atoms with Crippen molar-refractivity contribution in [3.63, 3.8) is 0 Å². The standard InChI is InChI=1S/C28H33N7O3/c1-6-38-24-13-20-7-9-34-22(21(20)14-23(24)37-5)15-25(32-26-18(3)11-17(2)12-19(26)4)35(28(34)36)10-8-29-27-30-16-31-33-27/h11-16H,6-10H2,1-5H3,(H2,29,30,31,33)/b32-25+. The van der Waals surface area contributed by atoms with E-state index in [1.54, 1.807) is 11.7 Å². The van der Waals surface area contributed by atoms with Crippen LogP contribution >= 0.6 is 0 Å². The van der Waals surface area contributed by atoms with Crippen molar-refractivity contribution in [2.75, 3.05) is 25.6 Å². The van der Waals surface area contributed by atoms with Crippen LogP contribution in [0.25, 0.3) is 11.3 Å². The van der Waals surface area contributed by atoms with Crippen LogP contribution in [-0.4, -0.2) is 44.6 Å². The molecule has 0 radical (unpaired) electrons. The minimum atomic E-state index is -0.112. The quantitative estimate of drug-likeness (QED) is 0.370. The van der Waals surface area contributed by atoms with Gasteiger partial charge in [0.15, 0.2) is 11.5 Å². The number of aromatic nitrogens is 5. The molecule has 4 aromatic rings. The molecule has 1 aliphatic rings. The van der Waals surface area contributed by atoms with Crippen molar-refractivity contribution in [1.29, 1.82) is 0 Å². The number of nitrogens with one attached hydrogen (secondary N) is 2. The third-order valence-corrected chi connectivity index (χ3v) is 6.76. The van der Waals surface area contributed by atoms with Gasteiger partial charge in [0.25, 0.3) is 0 Å². The predicted octanol–water partition coefficient (Wildman–Crippen LogP) is 3.67. The number of anilines is 1. The largest absolute Gasteiger partial charge is 0.493 e. The molecule has 0 atom stereocenters. The van der Waals surface area contributed by atoms with Crippen molar-refractivity contribution < 1.29 is 9.47 Å². The van der Waals surface area contributed by atoms with E-state index in [1.807, 2.05) is 29.7 Å². The van der Waals surface area contributed by atoms with Crippen LogP contribution in [0.15, 0.2) is 46.4 Å². The molecule has 3 heterocycles. The number of benzene rings is 2. The van der Waals surface area contributed by atoms with Gasteiger partial charge < -0.3 is 14.8 Å². The van der Waals surface area contributed by atoms with Gasteiger partial charge in [0.05, 0.1) is 25.1 Å². The Kier molecular flexibility index (Phi) is 7.04. The lowest BCUT2D eigenvalue weighted by molar-refractivity contribution is 0.310. The first-order chi connectivity index (χ1) is 18.4. The van der Waals surface area contributed by atoms with Crippen molar-refractivity contribution in [3.8, 4) is 22.8 Å². The molecule has 38 heavy (non-hydrogen) atoms. The van der Waals surface area contributed by atoms with E-state index >= 15 is 0 Å². The van der Waals surface area contributed by atoms with E-state index in [4.69, 9.17) is 14.5 Å². The van der Waals surface area contributed by atoms with Crippen molar-refractivity contribution >= 4 is 11.6 Å². The molecule has 0 unspecified atom stereocenters. The van der Waals surface area contributed by atoms with E-state index in [-0.39, 0.29) is 5.69 Å². The second-order valence-electron chi connectivity index (χ2n) is 9.43. The van der Waals surface area contributed by atoms with Crippen molar-refractivity contribution in [1.82, 2.24) is 24.3 Å². The topological polar surface area (TPSA) is 111 Å². The van der Waals surface area contributed by atoms with Crippen molar-refractivity contribution in [2.24, 2.45) is 4.99 Å². The second kappa shape index (κ2) is 10.6. The highest BCUT2D eigenvalue weighted by molar-refractivity contribution is 5.70. The number of rotatable bonds is 8. The summed E-state index contributed by atoms with van der Waals surface area (Å²) in [6.07, 6.45) is 2.23. The third-order valence-electron chi connectivity index (χ3n) is 6.76. The van der Waals surface area contributed by atoms with Crippen molar-refractivity contribution in [2.45, 2.75) is 47.2 Å². The molecular formula is C28H33N7O3. The van der Waals surface area contributed by atoms with Crippen LogP contribution in [0.1, 0.15) is 29.2 Å². The number of fused-ring (bicyclic) bond motifs is 3. The maximum atomic E-state index is 13.9. The van der Waals surface area contributed by atoms with Crippen LogP contribution in [-0.2, 0) is 19.5 Å². The summed E-state index contributed by atoms with van der Waals surface area (Å²) >= 11 is 0. The highest BCUT2D eigenvalue weighted by Gasteiger charge is 2.22. The highest BCUT2D eigenvalue weighted by atomic mass is 16.5. The van der Waals surface area contributed by atoms with E-state index in [1.165, 1.54) is 11.9 Å². The lowest BCUT2D eigenvalue weighted by Gasteiger charge is -2.25. The molecule has 0 fully saturated rings. The summed E-state index contributed by atoms with van der Waals surface area (Å²) in [4.78, 5) is 23.1. The van der Waals surface area contributed by atoms with Crippen LogP contribution < -0.4 is 26.0 Å². The first kappa shape index (κ1) is 25.3. The zero-order chi connectivity index (χ0) is 26.8. The summed E-state index contributed by atoms with van der Waals surface area (Å²) in [6.45, 7) is 10.1. The number of hydrogen-bond acceptors (Lipinski definition) is 7. The van der Waals surface area contributed by atoms with E-state index < -0.39 is 0 Å². The zero-order valence-corrected chi connectivity index (χ0v) is 22.5. The summed E-state index contributed by atoms with van der Waals surface area (Å²) in [7, 11) is 1.63. The number of methoxy groups -OCH3 is 1. The van der Waals surface area contributed by atoms with Gasteiger partial charge in [0.2, 0.25) is 5.95 Å². The van der Waals surface area contributed by atoms with Gasteiger partial charge in [-0.25, -0.2) is 14.8 Å². The number of aromatic amines is 1. The van der Waals surface area contributed by atoms with E-state index in [0.717, 1.165) is 33.6 Å². The van der Waals surface area contributed by atoms with E-state index in [0.29, 0.717) is 55.6 Å². The maximum absolute atomic E-state index is 13.9. The fourth-order valence-corrected chi connectivity index (χ4v) is 5.11. The van der Waals surface area contributed by atoms with Gasteiger partial charge in [-0.1, -0.05) is 17.7 Å². The third kappa shape index (κ3) is 4.81. The molecule has 0 aliphatic carbocycles. The molecule has 0 saturated heterocycles. The SMILES string of the molecule is CCOc1cc2c(cc1OC)-c1c/c(=N\c3c(C)cc(C)cc3C)n(CCNc3nc[nH]n3)c(=O)n1CC2. The van der Waals surface area contributed by atoms with E-state index in [2.05, 4.69) is 53.4 Å². The Bertz CT molecular complexity index is 1580. The molecule has 10 heteroatoms. The highest BCUT2D eigenvalue weighted by Crippen LogP contribution is 2.37. The fraction of sp³-hybridized carbons (Fsp3) is 0.357. The zero-order valence-electron chi connectivity index (χ0n) is 22.5. The van der Waals surface area contributed by atoms with Gasteiger partial charge in [0, 0.05) is 31.3 Å². The van der Waals surface area contributed by atoms with Crippen LogP contribution in [0, 0.1) is 20.8 Å². The molecular weight excluding hydrogens is 482 g/mol. The van der Waals surface area contributed by atoms with E-state index in [9.17, 15) is 4.79 Å². The summed E-state index contributed by atoms with van der Waals surface area (Å²) in [5.41, 5.74) is 7.54. The Balaban J connectivity index is 1.68. The molecule has 2 aromatic carbocycles. The van der Waals surface area contributed by atoms with Gasteiger partial charge in [0.1, 0.15) is 11.8 Å². The summed E-state index contributed by atoms with van der Waals surface area (Å²) in [6, 6.07) is 10.2. The number of H-pyrrole nitrogens is 1. The maximum Gasteiger partial charge on any atom is 0.330 e. The molecule has 0 spiro atoms. The molecule has 5 rings (SSSR count). The Morgan fingerprint density at radius 1 is 1.11 bits per heavy atom. The van der Waals surface area contributed by atoms with Crippen LogP contribution in [0.2, 0.25) is 0 Å². The minimum Gasteiger partial charge on any atom is -0.493 e. The smallest absolute Gasteiger partial charge is 0.330 e. The Morgan fingerprint density at radius 3 is 2.58 bits per heavy atom. The molecule has 2 aromatic heterocycles. The lowest BCUT2D eigenvalue weighted by Crippen LogP contribution is -2.43. The average molecular weight is 516 g/mol. The first-order valence-corrected chi connectivity index (χ1v) is 12.8. The Morgan fingerprint density at radius 2 is 1.89 bits per heavy atom. The van der Waals surface area contributed by atoms with Gasteiger partial charge >= 0.3 is 5.69 Å². The average Bonchev–Trinajstić information content (AvgIpc) is 3.41. The number of hydrogen-bond donors (Lipinski definition) is 2. The lowest BCUT2D eigenvalue weighted by atomic mass is 9.97. The van der Waals surface area contributed by atoms with Crippen LogP contribution in [0.5, 0.6) is 11.5 Å². The molecule has 0 bridgehead atoms. The predicted molar refractivity (Wildman–Crippen MR) is 146 cm³/mol. The monoisotopic (exact) mass is 515 g/mol. The summed E-state index contributed by atoms with van der Waals surface area (Å²) < 4.78 is 15.0. The summed E-state index contributed by atoms with van der Waals surface area (Å²) in [5.74, 6) is 1.84. The second-order valence-corrected chi connectivity index (χ2v) is 9.43. The number of nitrogens with zero attached hydrogens (tertiary/aromatic N) is 5. The van der Waals surface area contributed by atoms with Crippen molar-refractivity contribution in [3.05, 3.63) is 74.9 Å². The molecule has 1 aliphatic heterocycles. The van der Waals surface area contributed by atoms with Gasteiger partial charge in [-0.15, -0.1) is 5.10 Å².